The lowest BCUT2D eigenvalue weighted by Gasteiger charge is -2.06. The molecule has 4 nitrogen and oxygen atoms in total. The molecular weight excluding hydrogens is 202 g/mol. The zero-order valence-electron chi connectivity index (χ0n) is 5.46. The van der Waals surface area contributed by atoms with E-state index in [-0.39, 0.29) is 11.1 Å². The Bertz CT molecular complexity index is 148. The molecule has 1 unspecified atom stereocenters. The van der Waals surface area contributed by atoms with Crippen LogP contribution in [0.1, 0.15) is 6.92 Å². The van der Waals surface area contributed by atoms with Gasteiger partial charge in [-0.05, 0) is 6.92 Å². The van der Waals surface area contributed by atoms with Crippen molar-refractivity contribution in [2.45, 2.75) is 13.0 Å². The Balaban J connectivity index is 3.72. The van der Waals surface area contributed by atoms with E-state index in [1.807, 2.05) is 0 Å². The average Bonchev–Trinajstić information content (AvgIpc) is 1.85. The summed E-state index contributed by atoms with van der Waals surface area (Å²) in [6.07, 6.45) is -1.68. The van der Waals surface area contributed by atoms with Gasteiger partial charge in [0.05, 0.1) is 5.33 Å². The third-order valence-corrected chi connectivity index (χ3v) is 1.43. The second kappa shape index (κ2) is 4.27. The fraction of sp³-hybridized carbons (Fsp3) is 0.600. The molecule has 0 spiro atoms. The average molecular weight is 210 g/mol. The Morgan fingerprint density at radius 1 is 1.70 bits per heavy atom. The van der Waals surface area contributed by atoms with Gasteiger partial charge in [0.25, 0.3) is 0 Å². The lowest BCUT2D eigenvalue weighted by atomic mass is 10.3. The molecule has 0 saturated carbocycles. The molecular formula is C5H8BrNO3. The maximum absolute atomic E-state index is 10.7. The minimum atomic E-state index is -0.929. The van der Waals surface area contributed by atoms with Crippen LogP contribution in [0, 0.1) is 0 Å². The van der Waals surface area contributed by atoms with E-state index in [1.165, 1.54) is 6.92 Å². The van der Waals surface area contributed by atoms with Crippen molar-refractivity contribution in [3.8, 4) is 0 Å². The number of hydrogen-bond donors (Lipinski definition) is 1. The van der Waals surface area contributed by atoms with E-state index in [9.17, 15) is 9.59 Å². The Morgan fingerprint density at radius 3 is 2.50 bits per heavy atom. The number of rotatable bonds is 3. The fourth-order valence-corrected chi connectivity index (χ4v) is 0.805. The Kier molecular flexibility index (Phi) is 4.02. The van der Waals surface area contributed by atoms with Crippen molar-refractivity contribution >= 4 is 27.8 Å². The predicted molar refractivity (Wildman–Crippen MR) is 38.9 cm³/mol. The second-order valence-corrected chi connectivity index (χ2v) is 2.24. The van der Waals surface area contributed by atoms with Gasteiger partial charge in [-0.3, -0.25) is 4.79 Å². The van der Waals surface area contributed by atoms with Crippen molar-refractivity contribution in [1.29, 1.82) is 0 Å². The number of Topliss-reactive ketones (excluding diaryl/α,β-unsaturated/α-hetero) is 1. The summed E-state index contributed by atoms with van der Waals surface area (Å²) in [5, 5.41) is 0.168. The van der Waals surface area contributed by atoms with E-state index >= 15 is 0 Å². The molecule has 0 aliphatic heterocycles. The highest BCUT2D eigenvalue weighted by Gasteiger charge is 2.13. The van der Waals surface area contributed by atoms with Crippen LogP contribution in [0.25, 0.3) is 0 Å². The minimum absolute atomic E-state index is 0.168. The number of halogens is 1. The van der Waals surface area contributed by atoms with Gasteiger partial charge in [-0.1, -0.05) is 15.9 Å². The van der Waals surface area contributed by atoms with Crippen molar-refractivity contribution in [3.05, 3.63) is 0 Å². The van der Waals surface area contributed by atoms with Crippen LogP contribution in [0.3, 0.4) is 0 Å². The Labute approximate surface area is 66.8 Å². The Morgan fingerprint density at radius 2 is 2.20 bits per heavy atom. The Hall–Kier alpha value is -0.580. The van der Waals surface area contributed by atoms with Gasteiger partial charge in [0.1, 0.15) is 0 Å². The maximum Gasteiger partial charge on any atom is 0.405 e. The summed E-state index contributed by atoms with van der Waals surface area (Å²) in [4.78, 5) is 20.7. The number of hydrogen-bond acceptors (Lipinski definition) is 3. The van der Waals surface area contributed by atoms with Gasteiger partial charge in [0.2, 0.25) is 0 Å². The lowest BCUT2D eigenvalue weighted by molar-refractivity contribution is -0.123. The summed E-state index contributed by atoms with van der Waals surface area (Å²) in [5.41, 5.74) is 4.66. The highest BCUT2D eigenvalue weighted by Crippen LogP contribution is 1.95. The number of carbonyl (C=O) groups is 2. The minimum Gasteiger partial charge on any atom is -0.439 e. The van der Waals surface area contributed by atoms with Gasteiger partial charge in [0.15, 0.2) is 11.9 Å². The second-order valence-electron chi connectivity index (χ2n) is 1.68. The molecule has 0 aliphatic carbocycles. The molecule has 0 fully saturated rings. The number of ether oxygens (including phenoxy) is 1. The number of alkyl halides is 1. The molecule has 58 valence electrons. The van der Waals surface area contributed by atoms with Crippen LogP contribution in [0.4, 0.5) is 4.79 Å². The van der Waals surface area contributed by atoms with Crippen molar-refractivity contribution in [2.75, 3.05) is 5.33 Å². The summed E-state index contributed by atoms with van der Waals surface area (Å²) in [6.45, 7) is 1.47. The van der Waals surface area contributed by atoms with Gasteiger partial charge in [-0.2, -0.15) is 0 Å². The summed E-state index contributed by atoms with van der Waals surface area (Å²) >= 11 is 2.92. The van der Waals surface area contributed by atoms with Crippen molar-refractivity contribution in [1.82, 2.24) is 0 Å². The summed E-state index contributed by atoms with van der Waals surface area (Å²) in [6, 6.07) is 0. The van der Waals surface area contributed by atoms with Gasteiger partial charge < -0.3 is 10.5 Å². The SMILES string of the molecule is CC(OC(N)=O)C(=O)CBr. The number of carbonyl (C=O) groups excluding carboxylic acids is 2. The summed E-state index contributed by atoms with van der Waals surface area (Å²) in [5.74, 6) is -0.209. The van der Waals surface area contributed by atoms with Crippen LogP contribution >= 0.6 is 15.9 Å². The lowest BCUT2D eigenvalue weighted by Crippen LogP contribution is -2.27. The quantitative estimate of drug-likeness (QED) is 0.686. The largest absolute Gasteiger partial charge is 0.439 e. The van der Waals surface area contributed by atoms with Crippen LogP contribution in [-0.2, 0) is 9.53 Å². The molecule has 0 aliphatic rings. The molecule has 10 heavy (non-hydrogen) atoms. The van der Waals surface area contributed by atoms with Crippen LogP contribution in [0.15, 0.2) is 0 Å². The number of ketones is 1. The van der Waals surface area contributed by atoms with Gasteiger partial charge in [0, 0.05) is 0 Å². The molecule has 0 heterocycles. The summed E-state index contributed by atoms with van der Waals surface area (Å²) in [7, 11) is 0. The normalized spacial score (nSPS) is 12.2. The van der Waals surface area contributed by atoms with Crippen molar-refractivity contribution in [3.63, 3.8) is 0 Å². The van der Waals surface area contributed by atoms with E-state index in [1.54, 1.807) is 0 Å². The molecule has 1 amide bonds. The number of amides is 1. The first-order valence-electron chi connectivity index (χ1n) is 2.62. The van der Waals surface area contributed by atoms with E-state index in [2.05, 4.69) is 26.4 Å². The molecule has 2 N–H and O–H groups in total. The molecule has 0 aromatic carbocycles. The predicted octanol–water partition coefficient (Wildman–Crippen LogP) is 0.434. The first-order chi connectivity index (χ1) is 4.57. The maximum atomic E-state index is 10.7. The van der Waals surface area contributed by atoms with Crippen molar-refractivity contribution < 1.29 is 14.3 Å². The van der Waals surface area contributed by atoms with Gasteiger partial charge in [-0.15, -0.1) is 0 Å². The number of nitrogens with two attached hydrogens (primary N) is 1. The van der Waals surface area contributed by atoms with Gasteiger partial charge in [-0.25, -0.2) is 4.79 Å². The van der Waals surface area contributed by atoms with Crippen LogP contribution < -0.4 is 5.73 Å². The molecule has 0 aromatic heterocycles. The third-order valence-electron chi connectivity index (χ3n) is 0.878. The molecule has 0 saturated heterocycles. The monoisotopic (exact) mass is 209 g/mol. The van der Waals surface area contributed by atoms with E-state index < -0.39 is 12.2 Å². The molecule has 0 aromatic rings. The molecule has 0 rings (SSSR count). The van der Waals surface area contributed by atoms with Crippen LogP contribution in [-0.4, -0.2) is 23.3 Å². The van der Waals surface area contributed by atoms with E-state index in [4.69, 9.17) is 0 Å². The standard InChI is InChI=1S/C5H8BrNO3/c1-3(4(8)2-6)10-5(7)9/h3H,2H2,1H3,(H2,7,9). The zero-order valence-corrected chi connectivity index (χ0v) is 7.05. The molecule has 5 heteroatoms. The smallest absolute Gasteiger partial charge is 0.405 e. The molecule has 1 atom stereocenters. The van der Waals surface area contributed by atoms with E-state index in [0.29, 0.717) is 0 Å². The zero-order chi connectivity index (χ0) is 8.15. The molecule has 0 bridgehead atoms. The van der Waals surface area contributed by atoms with E-state index in [0.717, 1.165) is 0 Å². The van der Waals surface area contributed by atoms with Crippen LogP contribution in [0.5, 0.6) is 0 Å². The number of primary amides is 1. The third kappa shape index (κ3) is 3.45. The van der Waals surface area contributed by atoms with Crippen molar-refractivity contribution in [2.24, 2.45) is 5.73 Å². The van der Waals surface area contributed by atoms with Crippen LogP contribution in [0.2, 0.25) is 0 Å². The first kappa shape index (κ1) is 9.42. The molecule has 0 radical (unpaired) electrons. The first-order valence-corrected chi connectivity index (χ1v) is 3.75. The van der Waals surface area contributed by atoms with Gasteiger partial charge >= 0.3 is 6.09 Å². The fourth-order valence-electron chi connectivity index (χ4n) is 0.349. The highest BCUT2D eigenvalue weighted by molar-refractivity contribution is 9.09. The highest BCUT2D eigenvalue weighted by atomic mass is 79.9. The topological polar surface area (TPSA) is 69.4 Å². The summed E-state index contributed by atoms with van der Waals surface area (Å²) < 4.78 is 4.36.